The highest BCUT2D eigenvalue weighted by molar-refractivity contribution is 5.66. The van der Waals surface area contributed by atoms with Crippen molar-refractivity contribution in [1.29, 1.82) is 0 Å². The number of aliphatic carboxylic acids is 1. The Hall–Kier alpha value is -0.790. The fourth-order valence-electron chi connectivity index (χ4n) is 1.06. The molecule has 0 saturated carbocycles. The van der Waals surface area contributed by atoms with E-state index in [1.54, 1.807) is 0 Å². The van der Waals surface area contributed by atoms with Crippen LogP contribution in [0.1, 0.15) is 45.4 Å². The molecule has 0 rings (SSSR count). The van der Waals surface area contributed by atoms with E-state index < -0.39 is 5.97 Å². The van der Waals surface area contributed by atoms with E-state index in [0.717, 1.165) is 25.7 Å². The average molecular weight is 170 g/mol. The highest BCUT2D eigenvalue weighted by Crippen LogP contribution is 2.05. The van der Waals surface area contributed by atoms with Crippen LogP contribution in [-0.2, 0) is 4.79 Å². The first-order chi connectivity index (χ1) is 5.77. The molecule has 0 aliphatic carbocycles. The minimum absolute atomic E-state index is 0.323. The number of rotatable bonds is 7. The lowest BCUT2D eigenvalue weighted by molar-refractivity contribution is -0.137. The van der Waals surface area contributed by atoms with Gasteiger partial charge in [-0.2, -0.15) is 0 Å². The molecule has 70 valence electrons. The van der Waals surface area contributed by atoms with Crippen LogP contribution in [0.3, 0.4) is 0 Å². The monoisotopic (exact) mass is 170 g/mol. The van der Waals surface area contributed by atoms with E-state index in [1.807, 2.05) is 6.92 Å². The van der Waals surface area contributed by atoms with Gasteiger partial charge in [-0.25, -0.2) is 0 Å². The van der Waals surface area contributed by atoms with Crippen LogP contribution in [0, 0.1) is 0 Å². The third-order valence-electron chi connectivity index (χ3n) is 1.75. The number of carboxylic acid groups (broad SMARTS) is 1. The van der Waals surface area contributed by atoms with Crippen LogP contribution in [0.15, 0.2) is 12.2 Å². The van der Waals surface area contributed by atoms with Crippen LogP contribution >= 0.6 is 0 Å². The Morgan fingerprint density at radius 1 is 1.25 bits per heavy atom. The summed E-state index contributed by atoms with van der Waals surface area (Å²) in [4.78, 5) is 10.1. The van der Waals surface area contributed by atoms with E-state index in [4.69, 9.17) is 5.11 Å². The van der Waals surface area contributed by atoms with E-state index in [-0.39, 0.29) is 0 Å². The molecule has 0 aromatic heterocycles. The third kappa shape index (κ3) is 9.21. The van der Waals surface area contributed by atoms with Gasteiger partial charge in [-0.1, -0.05) is 25.0 Å². The molecular weight excluding hydrogens is 152 g/mol. The first-order valence-electron chi connectivity index (χ1n) is 4.60. The molecule has 0 amide bonds. The Labute approximate surface area is 74.3 Å². The van der Waals surface area contributed by atoms with Crippen LogP contribution in [0.25, 0.3) is 0 Å². The molecule has 0 aromatic rings. The topological polar surface area (TPSA) is 37.3 Å². The Kier molecular flexibility index (Phi) is 7.76. The molecule has 0 radical (unpaired) electrons. The molecule has 0 atom stereocenters. The molecule has 0 fully saturated rings. The molecule has 0 heterocycles. The first-order valence-corrected chi connectivity index (χ1v) is 4.60. The molecule has 1 N–H and O–H groups in total. The van der Waals surface area contributed by atoms with E-state index in [9.17, 15) is 4.79 Å². The van der Waals surface area contributed by atoms with Gasteiger partial charge in [0.1, 0.15) is 0 Å². The Morgan fingerprint density at radius 3 is 2.50 bits per heavy atom. The number of carbonyl (C=O) groups is 1. The molecule has 2 nitrogen and oxygen atoms in total. The number of hydrogen-bond donors (Lipinski definition) is 1. The second kappa shape index (κ2) is 8.31. The van der Waals surface area contributed by atoms with Gasteiger partial charge in [0.15, 0.2) is 0 Å². The van der Waals surface area contributed by atoms with Gasteiger partial charge in [-0.05, 0) is 26.2 Å². The molecule has 0 bridgehead atoms. The molecule has 12 heavy (non-hydrogen) atoms. The Bertz CT molecular complexity index is 139. The van der Waals surface area contributed by atoms with Crippen LogP contribution in [0.5, 0.6) is 0 Å². The van der Waals surface area contributed by atoms with Crippen molar-refractivity contribution in [2.75, 3.05) is 0 Å². The van der Waals surface area contributed by atoms with Crippen molar-refractivity contribution in [3.63, 3.8) is 0 Å². The SMILES string of the molecule is C/C=C/CCCCCCC(=O)O. The van der Waals surface area contributed by atoms with Gasteiger partial charge in [0.2, 0.25) is 0 Å². The van der Waals surface area contributed by atoms with Crippen molar-refractivity contribution < 1.29 is 9.90 Å². The minimum atomic E-state index is -0.677. The van der Waals surface area contributed by atoms with Crippen molar-refractivity contribution in [2.24, 2.45) is 0 Å². The third-order valence-corrected chi connectivity index (χ3v) is 1.75. The van der Waals surface area contributed by atoms with Gasteiger partial charge in [0, 0.05) is 6.42 Å². The standard InChI is InChI=1S/C10H18O2/c1-2-3-4-5-6-7-8-9-10(11)12/h2-3H,4-9H2,1H3,(H,11,12)/b3-2+. The van der Waals surface area contributed by atoms with Crippen molar-refractivity contribution in [3.05, 3.63) is 12.2 Å². The Balaban J connectivity index is 2.96. The summed E-state index contributed by atoms with van der Waals surface area (Å²) < 4.78 is 0. The van der Waals surface area contributed by atoms with Crippen LogP contribution in [0.4, 0.5) is 0 Å². The van der Waals surface area contributed by atoms with Gasteiger partial charge in [-0.15, -0.1) is 0 Å². The fourth-order valence-corrected chi connectivity index (χ4v) is 1.06. The molecule has 2 heteroatoms. The largest absolute Gasteiger partial charge is 0.481 e. The van der Waals surface area contributed by atoms with Crippen molar-refractivity contribution in [1.82, 2.24) is 0 Å². The van der Waals surface area contributed by atoms with Crippen LogP contribution in [0.2, 0.25) is 0 Å². The van der Waals surface area contributed by atoms with Gasteiger partial charge in [0.05, 0.1) is 0 Å². The van der Waals surface area contributed by atoms with E-state index in [0.29, 0.717) is 6.42 Å². The summed E-state index contributed by atoms with van der Waals surface area (Å²) in [5, 5.41) is 8.34. The molecule has 0 spiro atoms. The number of hydrogen-bond acceptors (Lipinski definition) is 1. The predicted molar refractivity (Wildman–Crippen MR) is 50.2 cm³/mol. The van der Waals surface area contributed by atoms with Crippen LogP contribution < -0.4 is 0 Å². The predicted octanol–water partition coefficient (Wildman–Crippen LogP) is 2.99. The summed E-state index contributed by atoms with van der Waals surface area (Å²) in [6.45, 7) is 2.02. The fraction of sp³-hybridized carbons (Fsp3) is 0.700. The highest BCUT2D eigenvalue weighted by atomic mass is 16.4. The lowest BCUT2D eigenvalue weighted by Crippen LogP contribution is -1.93. The zero-order chi connectivity index (χ0) is 9.23. The first kappa shape index (κ1) is 11.2. The molecule has 0 aliphatic heterocycles. The van der Waals surface area contributed by atoms with E-state index in [2.05, 4.69) is 12.2 Å². The van der Waals surface area contributed by atoms with E-state index in [1.165, 1.54) is 6.42 Å². The lowest BCUT2D eigenvalue weighted by Gasteiger charge is -1.96. The average Bonchev–Trinajstić information content (AvgIpc) is 2.02. The summed E-state index contributed by atoms with van der Waals surface area (Å²) in [6.07, 6.45) is 9.86. The molecule has 0 aliphatic rings. The maximum absolute atomic E-state index is 10.1. The van der Waals surface area contributed by atoms with E-state index >= 15 is 0 Å². The quantitative estimate of drug-likeness (QED) is 0.471. The maximum atomic E-state index is 10.1. The molecule has 0 saturated heterocycles. The molecule has 0 aromatic carbocycles. The second-order valence-corrected chi connectivity index (χ2v) is 2.92. The molecule has 0 unspecified atom stereocenters. The maximum Gasteiger partial charge on any atom is 0.303 e. The number of allylic oxidation sites excluding steroid dienone is 2. The molecular formula is C10H18O2. The summed E-state index contributed by atoms with van der Waals surface area (Å²) in [5.41, 5.74) is 0. The summed E-state index contributed by atoms with van der Waals surface area (Å²) in [5.74, 6) is -0.677. The summed E-state index contributed by atoms with van der Waals surface area (Å²) >= 11 is 0. The van der Waals surface area contributed by atoms with Crippen molar-refractivity contribution in [3.8, 4) is 0 Å². The smallest absolute Gasteiger partial charge is 0.303 e. The number of unbranched alkanes of at least 4 members (excludes halogenated alkanes) is 4. The van der Waals surface area contributed by atoms with Crippen molar-refractivity contribution >= 4 is 5.97 Å². The normalized spacial score (nSPS) is 10.8. The minimum Gasteiger partial charge on any atom is -0.481 e. The van der Waals surface area contributed by atoms with Crippen LogP contribution in [-0.4, -0.2) is 11.1 Å². The number of carboxylic acids is 1. The van der Waals surface area contributed by atoms with Gasteiger partial charge in [-0.3, -0.25) is 4.79 Å². The highest BCUT2D eigenvalue weighted by Gasteiger charge is 1.95. The lowest BCUT2D eigenvalue weighted by atomic mass is 10.1. The zero-order valence-corrected chi connectivity index (χ0v) is 7.75. The van der Waals surface area contributed by atoms with Gasteiger partial charge >= 0.3 is 5.97 Å². The van der Waals surface area contributed by atoms with Gasteiger partial charge < -0.3 is 5.11 Å². The summed E-state index contributed by atoms with van der Waals surface area (Å²) in [7, 11) is 0. The zero-order valence-electron chi connectivity index (χ0n) is 7.75. The summed E-state index contributed by atoms with van der Waals surface area (Å²) in [6, 6.07) is 0. The second-order valence-electron chi connectivity index (χ2n) is 2.92. The van der Waals surface area contributed by atoms with Crippen molar-refractivity contribution in [2.45, 2.75) is 45.4 Å². The Morgan fingerprint density at radius 2 is 1.92 bits per heavy atom. The van der Waals surface area contributed by atoms with Gasteiger partial charge in [0.25, 0.3) is 0 Å².